The van der Waals surface area contributed by atoms with Crippen LogP contribution in [0.2, 0.25) is 0 Å². The Bertz CT molecular complexity index is 368. The molecule has 1 aromatic heterocycles. The first-order chi connectivity index (χ1) is 7.66. The Labute approximate surface area is 95.2 Å². The zero-order chi connectivity index (χ0) is 11.5. The lowest BCUT2D eigenvalue weighted by molar-refractivity contribution is 0.0778. The van der Waals surface area contributed by atoms with Crippen molar-refractivity contribution in [2.75, 3.05) is 20.1 Å². The van der Waals surface area contributed by atoms with Gasteiger partial charge in [0.25, 0.3) is 5.91 Å². The van der Waals surface area contributed by atoms with E-state index in [-0.39, 0.29) is 5.91 Å². The van der Waals surface area contributed by atoms with Crippen LogP contribution < -0.4 is 5.32 Å². The largest absolute Gasteiger partial charge is 0.339 e. The number of nitrogens with one attached hydrogen (secondary N) is 2. The molecule has 0 saturated carbocycles. The maximum Gasteiger partial charge on any atom is 0.274 e. The molecule has 5 heteroatoms. The van der Waals surface area contributed by atoms with Crippen LogP contribution in [0.15, 0.2) is 6.07 Å². The molecule has 1 amide bonds. The molecule has 5 nitrogen and oxygen atoms in total. The zero-order valence-electron chi connectivity index (χ0n) is 9.79. The third-order valence-corrected chi connectivity index (χ3v) is 2.93. The number of nitrogens with zero attached hydrogens (tertiary/aromatic N) is 2. The van der Waals surface area contributed by atoms with E-state index < -0.39 is 0 Å². The molecule has 1 aliphatic rings. The minimum atomic E-state index is -0.0157. The van der Waals surface area contributed by atoms with Crippen LogP contribution in [0.3, 0.4) is 0 Å². The summed E-state index contributed by atoms with van der Waals surface area (Å²) in [5, 5.41) is 10.1. The summed E-state index contributed by atoms with van der Waals surface area (Å²) in [7, 11) is 1.83. The van der Waals surface area contributed by atoms with Gasteiger partial charge in [-0.25, -0.2) is 0 Å². The highest BCUT2D eigenvalue weighted by Gasteiger charge is 2.20. The minimum Gasteiger partial charge on any atom is -0.339 e. The summed E-state index contributed by atoms with van der Waals surface area (Å²) in [5.74, 6) is -0.0157. The number of aromatic nitrogens is 2. The molecule has 2 N–H and O–H groups in total. The standard InChI is InChI=1S/C11H18N4O/c1-8-6-10(14-13-8)11(16)15(2)7-9-4-3-5-12-9/h6,9,12H,3-5,7H2,1-2H3,(H,13,14). The van der Waals surface area contributed by atoms with Crippen molar-refractivity contribution in [2.24, 2.45) is 0 Å². The smallest absolute Gasteiger partial charge is 0.274 e. The third-order valence-electron chi connectivity index (χ3n) is 2.93. The van der Waals surface area contributed by atoms with Gasteiger partial charge in [-0.3, -0.25) is 9.89 Å². The van der Waals surface area contributed by atoms with E-state index >= 15 is 0 Å². The summed E-state index contributed by atoms with van der Waals surface area (Å²) in [6.07, 6.45) is 2.35. The minimum absolute atomic E-state index is 0.0157. The normalized spacial score (nSPS) is 20.0. The Morgan fingerprint density at radius 2 is 2.50 bits per heavy atom. The van der Waals surface area contributed by atoms with Crippen LogP contribution >= 0.6 is 0 Å². The second-order valence-corrected chi connectivity index (χ2v) is 4.42. The first kappa shape index (κ1) is 11.1. The Morgan fingerprint density at radius 1 is 1.69 bits per heavy atom. The number of H-pyrrole nitrogens is 1. The Hall–Kier alpha value is -1.36. The van der Waals surface area contributed by atoms with Crippen LogP contribution in [0, 0.1) is 6.92 Å². The molecule has 1 aromatic rings. The van der Waals surface area contributed by atoms with Crippen molar-refractivity contribution in [3.63, 3.8) is 0 Å². The number of carbonyl (C=O) groups excluding carboxylic acids is 1. The van der Waals surface area contributed by atoms with Crippen LogP contribution in [-0.4, -0.2) is 47.2 Å². The van der Waals surface area contributed by atoms with Crippen molar-refractivity contribution in [1.82, 2.24) is 20.4 Å². The van der Waals surface area contributed by atoms with Gasteiger partial charge in [0.1, 0.15) is 5.69 Å². The number of amides is 1. The molecule has 1 saturated heterocycles. The first-order valence-electron chi connectivity index (χ1n) is 5.67. The summed E-state index contributed by atoms with van der Waals surface area (Å²) in [6.45, 7) is 3.71. The molecule has 88 valence electrons. The second-order valence-electron chi connectivity index (χ2n) is 4.42. The monoisotopic (exact) mass is 222 g/mol. The van der Waals surface area contributed by atoms with E-state index in [1.165, 1.54) is 6.42 Å². The van der Waals surface area contributed by atoms with Gasteiger partial charge in [-0.2, -0.15) is 5.10 Å². The predicted octanol–water partition coefficient (Wildman–Crippen LogP) is 0.542. The van der Waals surface area contributed by atoms with Crippen LogP contribution in [0.25, 0.3) is 0 Å². The van der Waals surface area contributed by atoms with Crippen LogP contribution in [0.1, 0.15) is 29.0 Å². The lowest BCUT2D eigenvalue weighted by Crippen LogP contribution is -2.38. The van der Waals surface area contributed by atoms with Gasteiger partial charge in [-0.1, -0.05) is 0 Å². The number of carbonyl (C=O) groups is 1. The summed E-state index contributed by atoms with van der Waals surface area (Å²) >= 11 is 0. The predicted molar refractivity (Wildman–Crippen MR) is 61.3 cm³/mol. The zero-order valence-corrected chi connectivity index (χ0v) is 9.79. The topological polar surface area (TPSA) is 61.0 Å². The molecular formula is C11H18N4O. The molecule has 0 aliphatic carbocycles. The number of hydrogen-bond donors (Lipinski definition) is 2. The average Bonchev–Trinajstić information content (AvgIpc) is 2.88. The van der Waals surface area contributed by atoms with Gasteiger partial charge in [-0.05, 0) is 32.4 Å². The maximum absolute atomic E-state index is 12.0. The fourth-order valence-electron chi connectivity index (χ4n) is 2.05. The lowest BCUT2D eigenvalue weighted by Gasteiger charge is -2.20. The molecule has 1 atom stereocenters. The van der Waals surface area contributed by atoms with E-state index in [2.05, 4.69) is 15.5 Å². The number of rotatable bonds is 3. The number of aryl methyl sites for hydroxylation is 1. The summed E-state index contributed by atoms with van der Waals surface area (Å²) in [6, 6.07) is 2.22. The van der Waals surface area contributed by atoms with Crippen LogP contribution in [0.5, 0.6) is 0 Å². The first-order valence-corrected chi connectivity index (χ1v) is 5.67. The summed E-state index contributed by atoms with van der Waals surface area (Å²) in [4.78, 5) is 13.7. The van der Waals surface area contributed by atoms with Gasteiger partial charge in [0.15, 0.2) is 0 Å². The highest BCUT2D eigenvalue weighted by atomic mass is 16.2. The Kier molecular flexibility index (Phi) is 3.24. The number of likely N-dealkylation sites (N-methyl/N-ethyl adjacent to an activating group) is 1. The molecule has 16 heavy (non-hydrogen) atoms. The van der Waals surface area contributed by atoms with E-state index in [1.807, 2.05) is 14.0 Å². The second kappa shape index (κ2) is 4.65. The summed E-state index contributed by atoms with van der Waals surface area (Å²) < 4.78 is 0. The van der Waals surface area contributed by atoms with Gasteiger partial charge >= 0.3 is 0 Å². The molecule has 1 fully saturated rings. The van der Waals surface area contributed by atoms with Gasteiger partial charge in [0, 0.05) is 25.3 Å². The quantitative estimate of drug-likeness (QED) is 0.784. The van der Waals surface area contributed by atoms with Crippen molar-refractivity contribution in [2.45, 2.75) is 25.8 Å². The van der Waals surface area contributed by atoms with Crippen molar-refractivity contribution < 1.29 is 4.79 Å². The van der Waals surface area contributed by atoms with Crippen molar-refractivity contribution >= 4 is 5.91 Å². The van der Waals surface area contributed by atoms with Crippen molar-refractivity contribution in [1.29, 1.82) is 0 Å². The molecule has 0 aromatic carbocycles. The SMILES string of the molecule is Cc1cc(C(=O)N(C)CC2CCCN2)n[nH]1. The molecular weight excluding hydrogens is 204 g/mol. The molecule has 1 unspecified atom stereocenters. The highest BCUT2D eigenvalue weighted by molar-refractivity contribution is 5.92. The van der Waals surface area contributed by atoms with Crippen molar-refractivity contribution in [3.8, 4) is 0 Å². The molecule has 0 radical (unpaired) electrons. The fraction of sp³-hybridized carbons (Fsp3) is 0.636. The van der Waals surface area contributed by atoms with E-state index in [4.69, 9.17) is 0 Å². The average molecular weight is 222 g/mol. The third kappa shape index (κ3) is 2.41. The molecule has 2 heterocycles. The Morgan fingerprint density at radius 3 is 3.06 bits per heavy atom. The maximum atomic E-state index is 12.0. The number of aromatic amines is 1. The van der Waals surface area contributed by atoms with E-state index in [0.717, 1.165) is 25.2 Å². The van der Waals surface area contributed by atoms with E-state index in [1.54, 1.807) is 11.0 Å². The molecule has 1 aliphatic heterocycles. The fourth-order valence-corrected chi connectivity index (χ4v) is 2.05. The molecule has 0 spiro atoms. The lowest BCUT2D eigenvalue weighted by atomic mass is 10.2. The van der Waals surface area contributed by atoms with Gasteiger partial charge < -0.3 is 10.2 Å². The van der Waals surface area contributed by atoms with E-state index in [9.17, 15) is 4.79 Å². The van der Waals surface area contributed by atoms with Crippen LogP contribution in [0.4, 0.5) is 0 Å². The van der Waals surface area contributed by atoms with E-state index in [0.29, 0.717) is 11.7 Å². The van der Waals surface area contributed by atoms with Crippen LogP contribution in [-0.2, 0) is 0 Å². The molecule has 2 rings (SSSR count). The van der Waals surface area contributed by atoms with Gasteiger partial charge in [0.05, 0.1) is 0 Å². The Balaban J connectivity index is 1.93. The summed E-state index contributed by atoms with van der Waals surface area (Å²) in [5.41, 5.74) is 1.41. The van der Waals surface area contributed by atoms with Gasteiger partial charge in [-0.15, -0.1) is 0 Å². The highest BCUT2D eigenvalue weighted by Crippen LogP contribution is 2.08. The van der Waals surface area contributed by atoms with Crippen molar-refractivity contribution in [3.05, 3.63) is 17.5 Å². The number of hydrogen-bond acceptors (Lipinski definition) is 3. The van der Waals surface area contributed by atoms with Gasteiger partial charge in [0.2, 0.25) is 0 Å². The molecule has 0 bridgehead atoms.